The first kappa shape index (κ1) is 25.6. The van der Waals surface area contributed by atoms with Crippen LogP contribution in [0.25, 0.3) is 0 Å². The molecule has 0 N–H and O–H groups in total. The number of fused-ring (bicyclic) bond motifs is 4. The second-order valence-electron chi connectivity index (χ2n) is 10.4. The van der Waals surface area contributed by atoms with Crippen LogP contribution in [-0.2, 0) is 11.2 Å². The predicted octanol–water partition coefficient (Wildman–Crippen LogP) is 4.85. The van der Waals surface area contributed by atoms with Crippen LogP contribution in [-0.4, -0.2) is 68.6 Å². The highest BCUT2D eigenvalue weighted by Crippen LogP contribution is 2.49. The Balaban J connectivity index is 1.36. The van der Waals surface area contributed by atoms with E-state index in [0.717, 1.165) is 41.0 Å². The van der Waals surface area contributed by atoms with Crippen LogP contribution in [0.15, 0.2) is 54.6 Å². The number of hydrogen-bond donors (Lipinski definition) is 0. The Kier molecular flexibility index (Phi) is 6.63. The van der Waals surface area contributed by atoms with Gasteiger partial charge in [0.25, 0.3) is 5.91 Å². The maximum Gasteiger partial charge on any atom is 0.254 e. The quantitative estimate of drug-likeness (QED) is 0.469. The minimum atomic E-state index is -0.504. The highest BCUT2D eigenvalue weighted by Gasteiger charge is 2.48. The van der Waals surface area contributed by atoms with Crippen molar-refractivity contribution < 1.29 is 19.1 Å². The molecule has 2 unspecified atom stereocenters. The Morgan fingerprint density at radius 3 is 2.36 bits per heavy atom. The molecule has 2 amide bonds. The average molecular weight is 546 g/mol. The standard InChI is InChI=1S/C31H32ClN3O4/c1-19-8-9-21(32)17-25(19)33-12-14-34(15-13-33)31(37)28-22-6-4-5-7-23(22)30(36)35-11-10-20-16-26(38-2)27(39-3)18-24(20)29(28)35/h4-9,16-18,28-29H,10-15H2,1-3H3. The van der Waals surface area contributed by atoms with Crippen molar-refractivity contribution in [2.45, 2.75) is 25.3 Å². The third-order valence-electron chi connectivity index (χ3n) is 8.39. The molecule has 6 rings (SSSR count). The SMILES string of the molecule is COc1cc2c(cc1OC)C1C(C(=O)N3CCN(c4cc(Cl)ccc4C)CC3)c3ccccc3C(=O)N1CC2. The third kappa shape index (κ3) is 4.29. The lowest BCUT2D eigenvalue weighted by atomic mass is 9.75. The molecule has 3 aromatic carbocycles. The number of carbonyl (C=O) groups is 2. The van der Waals surface area contributed by atoms with Gasteiger partial charge in [-0.3, -0.25) is 9.59 Å². The van der Waals surface area contributed by atoms with Crippen molar-refractivity contribution in [3.05, 3.63) is 87.4 Å². The fourth-order valence-corrected chi connectivity index (χ4v) is 6.57. The van der Waals surface area contributed by atoms with E-state index in [0.29, 0.717) is 48.1 Å². The number of nitrogens with zero attached hydrogens (tertiary/aromatic N) is 3. The zero-order chi connectivity index (χ0) is 27.3. The number of ether oxygens (including phenoxy) is 2. The molecule has 1 fully saturated rings. The van der Waals surface area contributed by atoms with Crippen LogP contribution >= 0.6 is 11.6 Å². The summed E-state index contributed by atoms with van der Waals surface area (Å²) in [7, 11) is 3.23. The number of aryl methyl sites for hydroxylation is 1. The van der Waals surface area contributed by atoms with E-state index in [-0.39, 0.29) is 11.8 Å². The number of amides is 2. The highest BCUT2D eigenvalue weighted by molar-refractivity contribution is 6.30. The zero-order valence-electron chi connectivity index (χ0n) is 22.4. The Morgan fingerprint density at radius 1 is 0.897 bits per heavy atom. The number of methoxy groups -OCH3 is 2. The van der Waals surface area contributed by atoms with E-state index in [9.17, 15) is 9.59 Å². The average Bonchev–Trinajstić information content (AvgIpc) is 2.97. The first-order valence-corrected chi connectivity index (χ1v) is 13.7. The van der Waals surface area contributed by atoms with Crippen LogP contribution in [0.3, 0.4) is 0 Å². The van der Waals surface area contributed by atoms with Crippen LogP contribution in [0, 0.1) is 6.92 Å². The number of carbonyl (C=O) groups excluding carboxylic acids is 2. The lowest BCUT2D eigenvalue weighted by Crippen LogP contribution is -2.54. The predicted molar refractivity (Wildman–Crippen MR) is 151 cm³/mol. The van der Waals surface area contributed by atoms with Crippen molar-refractivity contribution in [1.29, 1.82) is 0 Å². The Bertz CT molecular complexity index is 1450. The fraction of sp³-hybridized carbons (Fsp3) is 0.355. The molecule has 0 bridgehead atoms. The van der Waals surface area contributed by atoms with E-state index >= 15 is 0 Å². The van der Waals surface area contributed by atoms with Gasteiger partial charge in [-0.1, -0.05) is 35.9 Å². The molecule has 3 aliphatic heterocycles. The first-order valence-electron chi connectivity index (χ1n) is 13.4. The molecule has 202 valence electrons. The summed E-state index contributed by atoms with van der Waals surface area (Å²) >= 11 is 6.28. The largest absolute Gasteiger partial charge is 0.493 e. The van der Waals surface area contributed by atoms with Gasteiger partial charge in [0.15, 0.2) is 11.5 Å². The number of rotatable bonds is 4. The molecule has 7 nitrogen and oxygen atoms in total. The highest BCUT2D eigenvalue weighted by atomic mass is 35.5. The maximum absolute atomic E-state index is 14.4. The summed E-state index contributed by atoms with van der Waals surface area (Å²) in [5.74, 6) is 0.774. The molecule has 0 spiro atoms. The van der Waals surface area contributed by atoms with Crippen molar-refractivity contribution in [2.24, 2.45) is 0 Å². The molecule has 0 aliphatic carbocycles. The molecular weight excluding hydrogens is 514 g/mol. The van der Waals surface area contributed by atoms with Gasteiger partial charge < -0.3 is 24.2 Å². The van der Waals surface area contributed by atoms with Crippen LogP contribution in [0.4, 0.5) is 5.69 Å². The summed E-state index contributed by atoms with van der Waals surface area (Å²) in [6, 6.07) is 17.0. The number of anilines is 1. The third-order valence-corrected chi connectivity index (χ3v) is 8.63. The van der Waals surface area contributed by atoms with E-state index in [1.165, 1.54) is 0 Å². The zero-order valence-corrected chi connectivity index (χ0v) is 23.2. The summed E-state index contributed by atoms with van der Waals surface area (Å²) in [6.45, 7) is 5.27. The second-order valence-corrected chi connectivity index (χ2v) is 10.8. The van der Waals surface area contributed by atoms with Crippen molar-refractivity contribution in [3.8, 4) is 11.5 Å². The minimum absolute atomic E-state index is 0.0265. The van der Waals surface area contributed by atoms with E-state index in [4.69, 9.17) is 21.1 Å². The molecule has 39 heavy (non-hydrogen) atoms. The molecule has 0 radical (unpaired) electrons. The van der Waals surface area contributed by atoms with E-state index in [1.54, 1.807) is 14.2 Å². The summed E-state index contributed by atoms with van der Waals surface area (Å²) in [4.78, 5) is 34.2. The smallest absolute Gasteiger partial charge is 0.254 e. The lowest BCUT2D eigenvalue weighted by Gasteiger charge is -2.47. The second kappa shape index (κ2) is 10.1. The van der Waals surface area contributed by atoms with Crippen LogP contribution in [0.5, 0.6) is 11.5 Å². The Morgan fingerprint density at radius 2 is 1.62 bits per heavy atom. The number of halogens is 1. The normalized spacial score (nSPS) is 20.2. The molecule has 0 aromatic heterocycles. The monoisotopic (exact) mass is 545 g/mol. The topological polar surface area (TPSA) is 62.3 Å². The summed E-state index contributed by atoms with van der Waals surface area (Å²) in [6.07, 6.45) is 0.693. The van der Waals surface area contributed by atoms with Gasteiger partial charge in [0.05, 0.1) is 26.2 Å². The van der Waals surface area contributed by atoms with Crippen LogP contribution in [0.2, 0.25) is 5.02 Å². The molecule has 3 aliphatic rings. The molecule has 8 heteroatoms. The van der Waals surface area contributed by atoms with Gasteiger partial charge in [0.1, 0.15) is 0 Å². The minimum Gasteiger partial charge on any atom is -0.493 e. The number of hydrogen-bond acceptors (Lipinski definition) is 5. The van der Waals surface area contributed by atoms with E-state index < -0.39 is 12.0 Å². The van der Waals surface area contributed by atoms with E-state index in [1.807, 2.05) is 64.4 Å². The van der Waals surface area contributed by atoms with Crippen LogP contribution < -0.4 is 14.4 Å². The van der Waals surface area contributed by atoms with Gasteiger partial charge in [-0.05, 0) is 65.9 Å². The van der Waals surface area contributed by atoms with Crippen LogP contribution in [0.1, 0.15) is 44.6 Å². The summed E-state index contributed by atoms with van der Waals surface area (Å²) in [5.41, 5.74) is 5.72. The maximum atomic E-state index is 14.4. The first-order chi connectivity index (χ1) is 18.9. The number of benzene rings is 3. The van der Waals surface area contributed by atoms with Gasteiger partial charge in [0.2, 0.25) is 5.91 Å². The molecule has 2 atom stereocenters. The van der Waals surface area contributed by atoms with Crippen molar-refractivity contribution >= 4 is 29.1 Å². The van der Waals surface area contributed by atoms with Gasteiger partial charge in [0, 0.05) is 49.0 Å². The fourth-order valence-electron chi connectivity index (χ4n) is 6.41. The summed E-state index contributed by atoms with van der Waals surface area (Å²) < 4.78 is 11.2. The van der Waals surface area contributed by atoms with E-state index in [2.05, 4.69) is 11.8 Å². The molecule has 1 saturated heterocycles. The van der Waals surface area contributed by atoms with Gasteiger partial charge in [-0.2, -0.15) is 0 Å². The Labute approximate surface area is 233 Å². The molecule has 3 heterocycles. The van der Waals surface area contributed by atoms with Crippen molar-refractivity contribution in [1.82, 2.24) is 9.80 Å². The van der Waals surface area contributed by atoms with Crippen molar-refractivity contribution in [2.75, 3.05) is 51.8 Å². The van der Waals surface area contributed by atoms with Gasteiger partial charge in [-0.25, -0.2) is 0 Å². The van der Waals surface area contributed by atoms with Crippen molar-refractivity contribution in [3.63, 3.8) is 0 Å². The van der Waals surface area contributed by atoms with Gasteiger partial charge >= 0.3 is 0 Å². The molecule has 0 saturated carbocycles. The molecule has 3 aromatic rings. The number of piperazine rings is 1. The Hall–Kier alpha value is -3.71. The van der Waals surface area contributed by atoms with Gasteiger partial charge in [-0.15, -0.1) is 0 Å². The molecular formula is C31H32ClN3O4. The summed E-state index contributed by atoms with van der Waals surface area (Å²) in [5, 5.41) is 0.709. The lowest BCUT2D eigenvalue weighted by molar-refractivity contribution is -0.135.